The Kier molecular flexibility index (Phi) is 6.58. The molecular formula is C32H28N2O. The second-order valence-corrected chi connectivity index (χ2v) is 8.79. The number of aromatic amines is 2. The SMILES string of the molecule is CC(=O)c1c(Cc2ccccc2)[nH]c2ccccc12.c1ccc(Cc2cc3ccccc3[nH]2)cc1. The molecule has 3 nitrogen and oxygen atoms in total. The van der Waals surface area contributed by atoms with E-state index < -0.39 is 0 Å². The Balaban J connectivity index is 0.000000147. The third-order valence-corrected chi connectivity index (χ3v) is 6.18. The van der Waals surface area contributed by atoms with Crippen molar-refractivity contribution in [2.45, 2.75) is 19.8 Å². The van der Waals surface area contributed by atoms with Crippen LogP contribution in [0.25, 0.3) is 21.8 Å². The lowest BCUT2D eigenvalue weighted by Crippen LogP contribution is -1.98. The van der Waals surface area contributed by atoms with Gasteiger partial charge in [-0.1, -0.05) is 97.1 Å². The van der Waals surface area contributed by atoms with Gasteiger partial charge in [-0.15, -0.1) is 0 Å². The molecule has 0 aliphatic heterocycles. The van der Waals surface area contributed by atoms with Crippen molar-refractivity contribution in [3.8, 4) is 0 Å². The summed E-state index contributed by atoms with van der Waals surface area (Å²) in [5.74, 6) is 0.114. The molecule has 4 aromatic carbocycles. The number of hydrogen-bond donors (Lipinski definition) is 2. The predicted octanol–water partition coefficient (Wildman–Crippen LogP) is 7.72. The predicted molar refractivity (Wildman–Crippen MR) is 145 cm³/mol. The minimum Gasteiger partial charge on any atom is -0.358 e. The largest absolute Gasteiger partial charge is 0.358 e. The van der Waals surface area contributed by atoms with Crippen LogP contribution in [0.1, 0.15) is 39.8 Å². The van der Waals surface area contributed by atoms with Gasteiger partial charge < -0.3 is 9.97 Å². The summed E-state index contributed by atoms with van der Waals surface area (Å²) in [6.45, 7) is 1.63. The first-order chi connectivity index (χ1) is 17.2. The summed E-state index contributed by atoms with van der Waals surface area (Å²) in [7, 11) is 0. The molecule has 6 rings (SSSR count). The summed E-state index contributed by atoms with van der Waals surface area (Å²) in [6.07, 6.45) is 1.72. The highest BCUT2D eigenvalue weighted by atomic mass is 16.1. The number of aromatic nitrogens is 2. The van der Waals surface area contributed by atoms with Crippen LogP contribution >= 0.6 is 0 Å². The lowest BCUT2D eigenvalue weighted by Gasteiger charge is -2.02. The molecule has 35 heavy (non-hydrogen) atoms. The van der Waals surface area contributed by atoms with Gasteiger partial charge in [0.2, 0.25) is 0 Å². The standard InChI is InChI=1S/C17H15NO.C15H13N/c1-12(19)17-14-9-5-6-10-15(14)18-16(17)11-13-7-3-2-4-8-13;1-2-6-12(7-3-1)10-14-11-13-8-4-5-9-15(13)16-14/h2-10,18H,11H2,1H3;1-9,11,16H,10H2. The molecule has 0 unspecified atom stereocenters. The van der Waals surface area contributed by atoms with E-state index in [0.29, 0.717) is 0 Å². The summed E-state index contributed by atoms with van der Waals surface area (Å²) in [4.78, 5) is 18.7. The Bertz CT molecular complexity index is 1530. The van der Waals surface area contributed by atoms with Gasteiger partial charge in [0.05, 0.1) is 0 Å². The molecule has 2 heterocycles. The quantitative estimate of drug-likeness (QED) is 0.256. The third-order valence-electron chi connectivity index (χ3n) is 6.18. The smallest absolute Gasteiger partial charge is 0.162 e. The molecule has 2 N–H and O–H groups in total. The molecule has 2 aromatic heterocycles. The molecule has 172 valence electrons. The number of carbonyl (C=O) groups is 1. The van der Waals surface area contributed by atoms with Gasteiger partial charge >= 0.3 is 0 Å². The van der Waals surface area contributed by atoms with E-state index in [1.54, 1.807) is 6.92 Å². The molecular weight excluding hydrogens is 428 g/mol. The van der Waals surface area contributed by atoms with Crippen molar-refractivity contribution in [2.75, 3.05) is 0 Å². The minimum absolute atomic E-state index is 0.114. The molecule has 0 fully saturated rings. The van der Waals surface area contributed by atoms with Crippen LogP contribution in [0.2, 0.25) is 0 Å². The second-order valence-electron chi connectivity index (χ2n) is 8.79. The Hall–Kier alpha value is -4.37. The number of H-pyrrole nitrogens is 2. The van der Waals surface area contributed by atoms with Gasteiger partial charge in [0, 0.05) is 46.2 Å². The van der Waals surface area contributed by atoms with Crippen molar-refractivity contribution < 1.29 is 4.79 Å². The number of rotatable bonds is 5. The van der Waals surface area contributed by atoms with E-state index in [1.165, 1.54) is 27.7 Å². The van der Waals surface area contributed by atoms with Crippen LogP contribution in [0.5, 0.6) is 0 Å². The Morgan fingerprint density at radius 1 is 0.629 bits per heavy atom. The molecule has 0 radical (unpaired) electrons. The average molecular weight is 457 g/mol. The van der Waals surface area contributed by atoms with Crippen molar-refractivity contribution in [3.05, 3.63) is 143 Å². The zero-order valence-corrected chi connectivity index (χ0v) is 19.8. The average Bonchev–Trinajstić information content (AvgIpc) is 3.46. The number of ketones is 1. The molecule has 6 aromatic rings. The fourth-order valence-corrected chi connectivity index (χ4v) is 4.58. The summed E-state index contributed by atoms with van der Waals surface area (Å²) in [5.41, 5.74) is 7.88. The third kappa shape index (κ3) is 5.25. The van der Waals surface area contributed by atoms with E-state index >= 15 is 0 Å². The molecule has 0 aliphatic carbocycles. The number of hydrogen-bond acceptors (Lipinski definition) is 1. The molecule has 0 atom stereocenters. The number of Topliss-reactive ketones (excluding diaryl/α,β-unsaturated/α-hetero) is 1. The molecule has 3 heteroatoms. The van der Waals surface area contributed by atoms with E-state index in [1.807, 2.05) is 42.5 Å². The summed E-state index contributed by atoms with van der Waals surface area (Å²) < 4.78 is 0. The van der Waals surface area contributed by atoms with E-state index in [0.717, 1.165) is 35.0 Å². The van der Waals surface area contributed by atoms with Crippen molar-refractivity contribution >= 4 is 27.6 Å². The van der Waals surface area contributed by atoms with Gasteiger partial charge in [0.1, 0.15) is 0 Å². The first-order valence-electron chi connectivity index (χ1n) is 11.9. The van der Waals surface area contributed by atoms with E-state index in [-0.39, 0.29) is 5.78 Å². The van der Waals surface area contributed by atoms with Gasteiger partial charge in [-0.05, 0) is 41.6 Å². The summed E-state index contributed by atoms with van der Waals surface area (Å²) >= 11 is 0. The number of carbonyl (C=O) groups excluding carboxylic acids is 1. The van der Waals surface area contributed by atoms with Crippen LogP contribution in [-0.2, 0) is 12.8 Å². The first-order valence-corrected chi connectivity index (χ1v) is 11.9. The van der Waals surface area contributed by atoms with E-state index in [4.69, 9.17) is 0 Å². The van der Waals surface area contributed by atoms with Crippen LogP contribution in [0, 0.1) is 0 Å². The molecule has 0 spiro atoms. The van der Waals surface area contributed by atoms with Crippen molar-refractivity contribution in [1.82, 2.24) is 9.97 Å². The lowest BCUT2D eigenvalue weighted by atomic mass is 10.0. The van der Waals surface area contributed by atoms with E-state index in [9.17, 15) is 4.79 Å². The van der Waals surface area contributed by atoms with Gasteiger partial charge in [0.15, 0.2) is 5.78 Å². The first kappa shape index (κ1) is 22.4. The van der Waals surface area contributed by atoms with Crippen LogP contribution in [-0.4, -0.2) is 15.8 Å². The fraction of sp³-hybridized carbons (Fsp3) is 0.0938. The maximum atomic E-state index is 11.9. The van der Waals surface area contributed by atoms with Crippen molar-refractivity contribution in [1.29, 1.82) is 0 Å². The van der Waals surface area contributed by atoms with Crippen LogP contribution in [0.4, 0.5) is 0 Å². The van der Waals surface area contributed by atoms with Gasteiger partial charge in [-0.3, -0.25) is 4.79 Å². The van der Waals surface area contributed by atoms with Crippen LogP contribution in [0.15, 0.2) is 115 Å². The Morgan fingerprint density at radius 2 is 1.20 bits per heavy atom. The molecule has 0 bridgehead atoms. The van der Waals surface area contributed by atoms with Crippen molar-refractivity contribution in [3.63, 3.8) is 0 Å². The maximum Gasteiger partial charge on any atom is 0.162 e. The zero-order valence-electron chi connectivity index (χ0n) is 19.8. The lowest BCUT2D eigenvalue weighted by molar-refractivity contribution is 0.101. The summed E-state index contributed by atoms with van der Waals surface area (Å²) in [6, 6.07) is 39.3. The number of fused-ring (bicyclic) bond motifs is 2. The summed E-state index contributed by atoms with van der Waals surface area (Å²) in [5, 5.41) is 2.30. The Morgan fingerprint density at radius 3 is 1.86 bits per heavy atom. The highest BCUT2D eigenvalue weighted by molar-refractivity contribution is 6.08. The van der Waals surface area contributed by atoms with Crippen LogP contribution in [0.3, 0.4) is 0 Å². The molecule has 0 aliphatic rings. The Labute approximate surface area is 205 Å². The van der Waals surface area contributed by atoms with Gasteiger partial charge in [0.25, 0.3) is 0 Å². The number of benzene rings is 4. The second kappa shape index (κ2) is 10.3. The topological polar surface area (TPSA) is 48.6 Å². The molecule has 0 amide bonds. The number of para-hydroxylation sites is 2. The zero-order chi connectivity index (χ0) is 24.0. The van der Waals surface area contributed by atoms with Gasteiger partial charge in [-0.2, -0.15) is 0 Å². The molecule has 0 saturated carbocycles. The highest BCUT2D eigenvalue weighted by Gasteiger charge is 2.14. The normalized spacial score (nSPS) is 10.8. The number of nitrogens with one attached hydrogen (secondary N) is 2. The monoisotopic (exact) mass is 456 g/mol. The minimum atomic E-state index is 0.114. The van der Waals surface area contributed by atoms with Gasteiger partial charge in [-0.25, -0.2) is 0 Å². The van der Waals surface area contributed by atoms with Crippen LogP contribution < -0.4 is 0 Å². The van der Waals surface area contributed by atoms with E-state index in [2.05, 4.69) is 82.8 Å². The maximum absolute atomic E-state index is 11.9. The van der Waals surface area contributed by atoms with Crippen molar-refractivity contribution in [2.24, 2.45) is 0 Å². The highest BCUT2D eigenvalue weighted by Crippen LogP contribution is 2.25. The molecule has 0 saturated heterocycles. The fourth-order valence-electron chi connectivity index (χ4n) is 4.58.